The van der Waals surface area contributed by atoms with Crippen molar-refractivity contribution in [3.05, 3.63) is 0 Å². The van der Waals surface area contributed by atoms with E-state index in [9.17, 15) is 30.4 Å². The topological polar surface area (TPSA) is 54.4 Å². The Morgan fingerprint density at radius 3 is 1.08 bits per heavy atom. The number of halogens is 7. The van der Waals surface area contributed by atoms with Crippen LogP contribution in [0.15, 0.2) is 0 Å². The van der Waals surface area contributed by atoms with E-state index < -0.39 is 22.9 Å². The Kier molecular flexibility index (Phi) is 4.76. The summed E-state index contributed by atoms with van der Waals surface area (Å²) in [6.45, 7) is 0. The van der Waals surface area contributed by atoms with Crippen molar-refractivity contribution in [1.29, 1.82) is 0 Å². The van der Waals surface area contributed by atoms with E-state index in [1.54, 1.807) is 0 Å². The molecule has 0 saturated carbocycles. The van der Waals surface area contributed by atoms with Crippen LogP contribution < -0.4 is 0 Å². The van der Waals surface area contributed by atoms with Crippen molar-refractivity contribution < 1.29 is 43.4 Å². The number of hydrogen-bond acceptors (Lipinski definition) is 2. The smallest absolute Gasteiger partial charge is 0.418 e. The molecule has 0 aliphatic heterocycles. The van der Waals surface area contributed by atoms with Crippen LogP contribution in [0.25, 0.3) is 0 Å². The first-order chi connectivity index (χ1) is 5.25. The lowest BCUT2D eigenvalue weighted by Crippen LogP contribution is -2.21. The van der Waals surface area contributed by atoms with Gasteiger partial charge in [0, 0.05) is 0 Å². The number of hydrogen-bond donors (Lipinski definition) is 1. The summed E-state index contributed by atoms with van der Waals surface area (Å²) in [7, 11) is -11.8. The number of alkyl halides is 3. The standard InChI is InChI=1S/CHF3O3S.BF4/c2-1(3,4)8(5,6)7;2-1(3,4)5/h(H,5,6,7);/q;-1. The lowest BCUT2D eigenvalue weighted by Gasteiger charge is -1.97. The van der Waals surface area contributed by atoms with Crippen LogP contribution in [-0.2, 0) is 10.1 Å². The van der Waals surface area contributed by atoms with Crippen LogP contribution >= 0.6 is 0 Å². The molecule has 0 aromatic carbocycles. The van der Waals surface area contributed by atoms with Gasteiger partial charge < -0.3 is 17.3 Å². The first-order valence-corrected chi connectivity index (χ1v) is 3.60. The molecule has 0 aromatic heterocycles. The highest BCUT2D eigenvalue weighted by molar-refractivity contribution is 7.86. The molecule has 0 heterocycles. The highest BCUT2D eigenvalue weighted by atomic mass is 32.2. The third-order valence-corrected chi connectivity index (χ3v) is 0.877. The largest absolute Gasteiger partial charge is 0.673 e. The molecular formula is CHBF7O3S-. The van der Waals surface area contributed by atoms with Crippen molar-refractivity contribution >= 4 is 17.4 Å². The molecule has 0 rings (SSSR count). The van der Waals surface area contributed by atoms with Gasteiger partial charge in [-0.25, -0.2) is 0 Å². The van der Waals surface area contributed by atoms with Gasteiger partial charge in [-0.05, 0) is 0 Å². The summed E-state index contributed by atoms with van der Waals surface area (Å²) in [4.78, 5) is 0. The lowest BCUT2D eigenvalue weighted by atomic mass is 10.3. The maximum absolute atomic E-state index is 10.7. The Morgan fingerprint density at radius 1 is 1.00 bits per heavy atom. The van der Waals surface area contributed by atoms with Crippen LogP contribution in [0.1, 0.15) is 0 Å². The molecule has 0 saturated heterocycles. The first kappa shape index (κ1) is 15.0. The van der Waals surface area contributed by atoms with Crippen LogP contribution in [0.5, 0.6) is 0 Å². The molecule has 0 spiro atoms. The Morgan fingerprint density at radius 2 is 1.08 bits per heavy atom. The van der Waals surface area contributed by atoms with Gasteiger partial charge >= 0.3 is 22.9 Å². The summed E-state index contributed by atoms with van der Waals surface area (Å²) in [5.41, 5.74) is -5.53. The summed E-state index contributed by atoms with van der Waals surface area (Å²) in [6, 6.07) is 0. The van der Waals surface area contributed by atoms with Crippen LogP contribution in [0.2, 0.25) is 0 Å². The third kappa shape index (κ3) is 14.4. The highest BCUT2D eigenvalue weighted by Gasteiger charge is 2.44. The first-order valence-electron chi connectivity index (χ1n) is 2.16. The van der Waals surface area contributed by atoms with Gasteiger partial charge in [-0.15, -0.1) is 0 Å². The Labute approximate surface area is 67.4 Å². The second-order valence-corrected chi connectivity index (χ2v) is 2.83. The minimum atomic E-state index is -6.00. The van der Waals surface area contributed by atoms with Crippen LogP contribution in [0.3, 0.4) is 0 Å². The average Bonchev–Trinajstić information content (AvgIpc) is 1.50. The van der Waals surface area contributed by atoms with Crippen molar-refractivity contribution in [1.82, 2.24) is 0 Å². The molecule has 0 aromatic rings. The minimum absolute atomic E-state index is 5.53. The van der Waals surface area contributed by atoms with Crippen molar-refractivity contribution in [3.8, 4) is 0 Å². The van der Waals surface area contributed by atoms with Gasteiger partial charge in [0.25, 0.3) is 0 Å². The summed E-state index contributed by atoms with van der Waals surface area (Å²) in [5.74, 6) is 0. The fraction of sp³-hybridized carbons (Fsp3) is 1.00. The van der Waals surface area contributed by atoms with Gasteiger partial charge in [-0.3, -0.25) is 4.55 Å². The normalized spacial score (nSPS) is 13.2. The molecule has 12 heteroatoms. The molecule has 0 aliphatic carbocycles. The van der Waals surface area contributed by atoms with E-state index in [2.05, 4.69) is 0 Å². The predicted molar refractivity (Wildman–Crippen MR) is 27.8 cm³/mol. The third-order valence-electron chi connectivity index (χ3n) is 0.292. The lowest BCUT2D eigenvalue weighted by molar-refractivity contribution is -0.0510. The van der Waals surface area contributed by atoms with E-state index in [1.165, 1.54) is 0 Å². The van der Waals surface area contributed by atoms with Gasteiger partial charge in [0.1, 0.15) is 0 Å². The summed E-state index contributed by atoms with van der Waals surface area (Å²) >= 11 is 0. The van der Waals surface area contributed by atoms with Gasteiger partial charge in [0.05, 0.1) is 0 Å². The molecule has 0 fully saturated rings. The van der Waals surface area contributed by atoms with E-state index >= 15 is 0 Å². The molecule has 0 amide bonds. The summed E-state index contributed by atoms with van der Waals surface area (Å²) in [6.07, 6.45) is 0. The number of rotatable bonds is 0. The van der Waals surface area contributed by atoms with Gasteiger partial charge in [0.2, 0.25) is 0 Å². The highest BCUT2D eigenvalue weighted by Crippen LogP contribution is 2.20. The van der Waals surface area contributed by atoms with Gasteiger partial charge in [-0.1, -0.05) is 0 Å². The SMILES string of the molecule is F[B-](F)(F)F.O=S(=O)(O)C(F)(F)F. The molecule has 3 nitrogen and oxygen atoms in total. The zero-order chi connectivity index (χ0) is 11.5. The summed E-state index contributed by atoms with van der Waals surface area (Å²) < 4.78 is 96.5. The Balaban J connectivity index is 0. The van der Waals surface area contributed by atoms with Crippen molar-refractivity contribution in [2.75, 3.05) is 0 Å². The molecule has 0 radical (unpaired) electrons. The van der Waals surface area contributed by atoms with Gasteiger partial charge in [-0.2, -0.15) is 21.6 Å². The second-order valence-electron chi connectivity index (χ2n) is 1.42. The van der Waals surface area contributed by atoms with Crippen LogP contribution in [0.4, 0.5) is 30.4 Å². The zero-order valence-electron chi connectivity index (χ0n) is 5.40. The predicted octanol–water partition coefficient (Wildman–Crippen LogP) is 1.69. The van der Waals surface area contributed by atoms with E-state index in [1.807, 2.05) is 0 Å². The summed E-state index contributed by atoms with van der Waals surface area (Å²) in [5, 5.41) is 0. The maximum atomic E-state index is 10.7. The molecule has 82 valence electrons. The van der Waals surface area contributed by atoms with E-state index in [4.69, 9.17) is 13.0 Å². The molecule has 13 heavy (non-hydrogen) atoms. The van der Waals surface area contributed by atoms with Crippen molar-refractivity contribution in [2.45, 2.75) is 5.51 Å². The van der Waals surface area contributed by atoms with Crippen LogP contribution in [-0.4, -0.2) is 25.7 Å². The fourth-order valence-corrected chi connectivity index (χ4v) is 0. The van der Waals surface area contributed by atoms with Crippen molar-refractivity contribution in [2.24, 2.45) is 0 Å². The molecule has 0 bridgehead atoms. The van der Waals surface area contributed by atoms with E-state index in [0.717, 1.165) is 0 Å². The Hall–Kier alpha value is -0.515. The van der Waals surface area contributed by atoms with Crippen molar-refractivity contribution in [3.63, 3.8) is 0 Å². The zero-order valence-corrected chi connectivity index (χ0v) is 6.21. The fourth-order valence-electron chi connectivity index (χ4n) is 0. The van der Waals surface area contributed by atoms with Gasteiger partial charge in [0.15, 0.2) is 0 Å². The molecule has 0 atom stereocenters. The molecular weight excluding hydrogens is 236 g/mol. The molecule has 0 aliphatic rings. The van der Waals surface area contributed by atoms with E-state index in [0.29, 0.717) is 0 Å². The monoisotopic (exact) mass is 237 g/mol. The molecule has 0 unspecified atom stereocenters. The van der Waals surface area contributed by atoms with Crippen LogP contribution in [0, 0.1) is 0 Å². The minimum Gasteiger partial charge on any atom is -0.418 e. The van der Waals surface area contributed by atoms with E-state index in [-0.39, 0.29) is 0 Å². The molecule has 1 N–H and O–H groups in total. The maximum Gasteiger partial charge on any atom is 0.673 e. The second kappa shape index (κ2) is 4.13. The quantitative estimate of drug-likeness (QED) is 0.302. The Bertz CT molecular complexity index is 229. The average molecular weight is 237 g/mol.